The normalized spacial score (nSPS) is 11.4. The molecular formula is C21H18N4O4. The quantitative estimate of drug-likeness (QED) is 0.239. The molecule has 0 heterocycles. The van der Waals surface area contributed by atoms with Gasteiger partial charge < -0.3 is 14.9 Å². The van der Waals surface area contributed by atoms with Crippen LogP contribution >= 0.6 is 0 Å². The van der Waals surface area contributed by atoms with Crippen molar-refractivity contribution < 1.29 is 19.7 Å². The predicted molar refractivity (Wildman–Crippen MR) is 109 cm³/mol. The fraction of sp³-hybridized carbons (Fsp3) is 0.0476. The molecule has 0 radical (unpaired) electrons. The number of rotatable bonds is 7. The van der Waals surface area contributed by atoms with Crippen LogP contribution in [0.2, 0.25) is 0 Å². The number of hydrogen-bond acceptors (Lipinski definition) is 6. The summed E-state index contributed by atoms with van der Waals surface area (Å²) < 4.78 is 5.26. The van der Waals surface area contributed by atoms with Gasteiger partial charge in [0, 0.05) is 5.56 Å². The average molecular weight is 390 g/mol. The predicted octanol–water partition coefficient (Wildman–Crippen LogP) is 4.41. The molecule has 0 unspecified atom stereocenters. The number of carbonyl (C=O) groups is 1. The van der Waals surface area contributed by atoms with Gasteiger partial charge in [0.05, 0.1) is 5.69 Å². The van der Waals surface area contributed by atoms with Crippen molar-refractivity contribution in [1.82, 2.24) is 0 Å². The lowest BCUT2D eigenvalue weighted by Crippen LogP contribution is -2.10. The van der Waals surface area contributed by atoms with Gasteiger partial charge in [0.1, 0.15) is 17.2 Å². The minimum Gasteiger partial charge on any atom is -0.506 e. The molecule has 0 aliphatic carbocycles. The van der Waals surface area contributed by atoms with Gasteiger partial charge in [0.15, 0.2) is 6.61 Å². The minimum absolute atomic E-state index is 0.00374. The Morgan fingerprint density at radius 2 is 1.62 bits per heavy atom. The maximum atomic E-state index is 10.8. The summed E-state index contributed by atoms with van der Waals surface area (Å²) in [6.45, 7) is -0.471. The summed E-state index contributed by atoms with van der Waals surface area (Å²) in [5.41, 5.74) is 4.32. The number of aliphatic carboxylic acids is 1. The van der Waals surface area contributed by atoms with Gasteiger partial charge in [-0.05, 0) is 24.3 Å². The number of para-hydroxylation sites is 3. The highest BCUT2D eigenvalue weighted by atomic mass is 16.5. The molecule has 29 heavy (non-hydrogen) atoms. The molecular weight excluding hydrogens is 372 g/mol. The van der Waals surface area contributed by atoms with E-state index in [0.29, 0.717) is 22.7 Å². The number of aromatic hydroxyl groups is 1. The molecule has 0 bridgehead atoms. The Bertz CT molecular complexity index is 1040. The number of anilines is 1. The summed E-state index contributed by atoms with van der Waals surface area (Å²) >= 11 is 0. The highest BCUT2D eigenvalue weighted by Crippen LogP contribution is 2.26. The molecule has 0 aliphatic heterocycles. The second kappa shape index (κ2) is 9.65. The summed E-state index contributed by atoms with van der Waals surface area (Å²) in [5, 5.41) is 31.2. The first-order valence-corrected chi connectivity index (χ1v) is 8.66. The number of nitrogens with zero attached hydrogens (tertiary/aromatic N) is 3. The highest BCUT2D eigenvalue weighted by Gasteiger charge is 2.07. The first-order chi connectivity index (χ1) is 14.1. The van der Waals surface area contributed by atoms with E-state index in [1.165, 1.54) is 6.07 Å². The van der Waals surface area contributed by atoms with Crippen LogP contribution in [0.5, 0.6) is 11.5 Å². The van der Waals surface area contributed by atoms with E-state index in [2.05, 4.69) is 20.8 Å². The van der Waals surface area contributed by atoms with E-state index >= 15 is 0 Å². The van der Waals surface area contributed by atoms with E-state index in [1.807, 2.05) is 30.3 Å². The van der Waals surface area contributed by atoms with Crippen LogP contribution < -0.4 is 10.2 Å². The fourth-order valence-electron chi connectivity index (χ4n) is 2.32. The van der Waals surface area contributed by atoms with Crippen LogP contribution in [0.25, 0.3) is 0 Å². The molecule has 3 rings (SSSR count). The molecule has 0 fully saturated rings. The second-order valence-electron chi connectivity index (χ2n) is 5.78. The molecule has 146 valence electrons. The van der Waals surface area contributed by atoms with E-state index in [4.69, 9.17) is 9.84 Å². The number of carboxylic acids is 1. The zero-order valence-corrected chi connectivity index (χ0v) is 15.3. The molecule has 0 spiro atoms. The molecule has 3 aromatic rings. The Hall–Kier alpha value is -4.20. The van der Waals surface area contributed by atoms with Gasteiger partial charge in [0.2, 0.25) is 5.84 Å². The molecule has 0 aromatic heterocycles. The van der Waals surface area contributed by atoms with Crippen LogP contribution in [0.1, 0.15) is 5.56 Å². The van der Waals surface area contributed by atoms with Crippen molar-refractivity contribution in [2.24, 2.45) is 15.3 Å². The molecule has 3 N–H and O–H groups in total. The number of phenolic OH excluding ortho intramolecular Hbond substituents is 1. The zero-order chi connectivity index (χ0) is 20.5. The Labute approximate surface area is 166 Å². The van der Waals surface area contributed by atoms with Crippen molar-refractivity contribution in [1.29, 1.82) is 0 Å². The van der Waals surface area contributed by atoms with Gasteiger partial charge in [-0.1, -0.05) is 54.6 Å². The van der Waals surface area contributed by atoms with E-state index in [1.54, 1.807) is 42.5 Å². The van der Waals surface area contributed by atoms with Crippen LogP contribution in [-0.4, -0.2) is 28.6 Å². The average Bonchev–Trinajstić information content (AvgIpc) is 2.74. The SMILES string of the molecule is O=C(O)COc1ccccc1N/N=C(\N=Nc1ccccc1O)c1ccccc1. The maximum Gasteiger partial charge on any atom is 0.341 e. The Balaban J connectivity index is 1.89. The summed E-state index contributed by atoms with van der Waals surface area (Å²) in [6, 6.07) is 22.6. The number of nitrogens with one attached hydrogen (secondary N) is 1. The number of hydrazone groups is 1. The van der Waals surface area contributed by atoms with E-state index in [9.17, 15) is 9.90 Å². The van der Waals surface area contributed by atoms with Gasteiger partial charge in [-0.3, -0.25) is 5.43 Å². The standard InChI is InChI=1S/C21H18N4O4/c26-18-12-6-4-10-16(18)22-24-21(15-8-2-1-3-9-15)25-23-17-11-5-7-13-19(17)29-14-20(27)28/h1-13,23,26H,14H2,(H,27,28)/b24-22?,25-21-. The van der Waals surface area contributed by atoms with Crippen molar-refractivity contribution in [2.45, 2.75) is 0 Å². The van der Waals surface area contributed by atoms with Gasteiger partial charge in [-0.15, -0.1) is 10.2 Å². The summed E-state index contributed by atoms with van der Waals surface area (Å²) in [7, 11) is 0. The van der Waals surface area contributed by atoms with E-state index in [0.717, 1.165) is 0 Å². The van der Waals surface area contributed by atoms with Crippen LogP contribution in [-0.2, 0) is 4.79 Å². The summed E-state index contributed by atoms with van der Waals surface area (Å²) in [4.78, 5) is 10.8. The van der Waals surface area contributed by atoms with Crippen molar-refractivity contribution in [3.63, 3.8) is 0 Å². The maximum absolute atomic E-state index is 10.8. The fourth-order valence-corrected chi connectivity index (χ4v) is 2.32. The molecule has 0 saturated heterocycles. The number of benzene rings is 3. The molecule has 8 nitrogen and oxygen atoms in total. The monoisotopic (exact) mass is 390 g/mol. The topological polar surface area (TPSA) is 116 Å². The molecule has 0 amide bonds. The smallest absolute Gasteiger partial charge is 0.341 e. The Kier molecular flexibility index (Phi) is 6.51. The van der Waals surface area contributed by atoms with Crippen LogP contribution in [0, 0.1) is 0 Å². The number of carboxylic acid groups (broad SMARTS) is 1. The van der Waals surface area contributed by atoms with Crippen molar-refractivity contribution in [2.75, 3.05) is 12.0 Å². The van der Waals surface area contributed by atoms with Crippen LogP contribution in [0.3, 0.4) is 0 Å². The molecule has 0 saturated carbocycles. The Morgan fingerprint density at radius 3 is 2.38 bits per heavy atom. The number of amidine groups is 1. The lowest BCUT2D eigenvalue weighted by atomic mass is 10.2. The number of phenols is 1. The summed E-state index contributed by atoms with van der Waals surface area (Å²) in [6.07, 6.45) is 0. The first kappa shape index (κ1) is 19.6. The van der Waals surface area contributed by atoms with Gasteiger partial charge in [0.25, 0.3) is 0 Å². The third-order valence-corrected chi connectivity index (χ3v) is 3.69. The van der Waals surface area contributed by atoms with E-state index < -0.39 is 12.6 Å². The van der Waals surface area contributed by atoms with E-state index in [-0.39, 0.29) is 11.6 Å². The third kappa shape index (κ3) is 5.64. The second-order valence-corrected chi connectivity index (χ2v) is 5.78. The number of azo groups is 1. The Morgan fingerprint density at radius 1 is 0.931 bits per heavy atom. The number of hydrogen-bond donors (Lipinski definition) is 3. The molecule has 0 atom stereocenters. The van der Waals surface area contributed by atoms with Crippen LogP contribution in [0.4, 0.5) is 11.4 Å². The van der Waals surface area contributed by atoms with Crippen molar-refractivity contribution in [3.05, 3.63) is 84.4 Å². The van der Waals surface area contributed by atoms with Crippen LogP contribution in [0.15, 0.2) is 94.2 Å². The molecule has 8 heteroatoms. The summed E-state index contributed by atoms with van der Waals surface area (Å²) in [5.74, 6) is -0.473. The van der Waals surface area contributed by atoms with Crippen molar-refractivity contribution in [3.8, 4) is 11.5 Å². The van der Waals surface area contributed by atoms with Gasteiger partial charge in [-0.2, -0.15) is 5.10 Å². The molecule has 0 aliphatic rings. The first-order valence-electron chi connectivity index (χ1n) is 8.66. The highest BCUT2D eigenvalue weighted by molar-refractivity contribution is 5.99. The van der Waals surface area contributed by atoms with Gasteiger partial charge in [-0.25, -0.2) is 4.79 Å². The van der Waals surface area contributed by atoms with Crippen molar-refractivity contribution >= 4 is 23.2 Å². The van der Waals surface area contributed by atoms with Gasteiger partial charge >= 0.3 is 5.97 Å². The lowest BCUT2D eigenvalue weighted by molar-refractivity contribution is -0.139. The third-order valence-electron chi connectivity index (χ3n) is 3.69. The largest absolute Gasteiger partial charge is 0.506 e. The zero-order valence-electron chi connectivity index (χ0n) is 15.3. The minimum atomic E-state index is -1.08. The lowest BCUT2D eigenvalue weighted by Gasteiger charge is -2.09. The molecule has 3 aromatic carbocycles. The number of ether oxygens (including phenoxy) is 1.